The van der Waals surface area contributed by atoms with Crippen molar-refractivity contribution in [1.82, 2.24) is 4.98 Å². The van der Waals surface area contributed by atoms with Gasteiger partial charge in [0.15, 0.2) is 0 Å². The van der Waals surface area contributed by atoms with E-state index in [4.69, 9.17) is 4.98 Å². The van der Waals surface area contributed by atoms with Crippen molar-refractivity contribution in [3.05, 3.63) is 291 Å². The van der Waals surface area contributed by atoms with Crippen LogP contribution in [0.1, 0.15) is 0 Å². The number of rotatable bonds is 9. The van der Waals surface area contributed by atoms with Gasteiger partial charge >= 0.3 is 0 Å². The molecule has 2 aliphatic rings. The predicted octanol–water partition coefficient (Wildman–Crippen LogP) is 16.8. The molecule has 0 unspecified atom stereocenters. The van der Waals surface area contributed by atoms with Gasteiger partial charge in [0.2, 0.25) is 0 Å². The largest absolute Gasteiger partial charge is 0.311 e. The second-order valence-corrected chi connectivity index (χ2v) is 19.5. The quantitative estimate of drug-likeness (QED) is 0.134. The highest BCUT2D eigenvalue weighted by atomic mass is 15.2. The summed E-state index contributed by atoms with van der Waals surface area (Å²) < 4.78 is 0. The minimum atomic E-state index is -0.121. The highest BCUT2D eigenvalue weighted by Gasteiger charge is 2.44. The summed E-state index contributed by atoms with van der Waals surface area (Å²) in [6.45, 7) is -0.121. The molecule has 0 saturated heterocycles. The van der Waals surface area contributed by atoms with E-state index in [1.807, 2.05) is 0 Å². The summed E-state index contributed by atoms with van der Waals surface area (Å²) in [5, 5.41) is 0. The third-order valence-corrected chi connectivity index (χ3v) is 15.0. The molecule has 4 heteroatoms. The van der Waals surface area contributed by atoms with Crippen LogP contribution in [-0.4, -0.2) is 11.7 Å². The maximum atomic E-state index is 5.59. The molecule has 1 aromatic heterocycles. The van der Waals surface area contributed by atoms with Crippen molar-refractivity contribution in [3.63, 3.8) is 0 Å². The van der Waals surface area contributed by atoms with Crippen molar-refractivity contribution in [2.75, 3.05) is 9.80 Å². The van der Waals surface area contributed by atoms with Gasteiger partial charge in [-0.05, 0) is 133 Å². The molecule has 0 bridgehead atoms. The summed E-state index contributed by atoms with van der Waals surface area (Å²) in [6.07, 6.45) is 0. The zero-order chi connectivity index (χ0) is 49.7. The molecule has 3 nitrogen and oxygen atoms in total. The van der Waals surface area contributed by atoms with Gasteiger partial charge in [-0.2, -0.15) is 0 Å². The van der Waals surface area contributed by atoms with Crippen LogP contribution in [0.4, 0.5) is 34.1 Å². The summed E-state index contributed by atoms with van der Waals surface area (Å²) in [5.41, 5.74) is 26.1. The third-order valence-electron chi connectivity index (χ3n) is 15.0. The lowest BCUT2D eigenvalue weighted by Gasteiger charge is -2.44. The molecule has 11 aromatic carbocycles. The minimum Gasteiger partial charge on any atom is -0.311 e. The summed E-state index contributed by atoms with van der Waals surface area (Å²) in [6, 6.07) is 106. The summed E-state index contributed by atoms with van der Waals surface area (Å²) in [7, 11) is 0. The van der Waals surface area contributed by atoms with E-state index < -0.39 is 0 Å². The van der Waals surface area contributed by atoms with Crippen LogP contribution in [0.5, 0.6) is 0 Å². The first-order valence-electron chi connectivity index (χ1n) is 25.8. The van der Waals surface area contributed by atoms with Gasteiger partial charge in [0, 0.05) is 45.3 Å². The van der Waals surface area contributed by atoms with E-state index in [9.17, 15) is 0 Å². The number of benzene rings is 11. The average molecular weight is 954 g/mol. The first-order valence-corrected chi connectivity index (χ1v) is 25.8. The van der Waals surface area contributed by atoms with Crippen molar-refractivity contribution < 1.29 is 0 Å². The van der Waals surface area contributed by atoms with Gasteiger partial charge in [-0.25, -0.2) is 4.98 Å². The second kappa shape index (κ2) is 18.7. The lowest BCUT2D eigenvalue weighted by Crippen LogP contribution is -2.61. The second-order valence-electron chi connectivity index (χ2n) is 19.5. The van der Waals surface area contributed by atoms with Crippen molar-refractivity contribution in [2.45, 2.75) is 0 Å². The lowest BCUT2D eigenvalue weighted by molar-refractivity contribution is 1.25. The molecule has 0 fully saturated rings. The smallest absolute Gasteiger partial charge is 0.252 e. The molecular weight excluding hydrogens is 906 g/mol. The molecule has 0 atom stereocenters. The van der Waals surface area contributed by atoms with Gasteiger partial charge in [0.1, 0.15) is 0 Å². The van der Waals surface area contributed by atoms with Gasteiger partial charge in [-0.15, -0.1) is 0 Å². The molecule has 0 saturated carbocycles. The molecule has 12 aromatic rings. The highest BCUT2D eigenvalue weighted by Crippen LogP contribution is 2.48. The molecule has 350 valence electrons. The standard InChI is InChI=1S/C71H48BN3/c1-7-19-49(20-8-1)54-31-37-61(38-32-54)74-67-41-35-57(51-23-11-3-12-24-51)43-63(67)72-64-44-58(52-25-13-4-14-26-52)36-42-68(64)75(62-39-33-55(34-40-62)50-21-9-2-10-22-50)70-48-60(47-69(74)71(70)72)66-46-59(53-27-15-5-16-28-53)45-65(73-66)56-29-17-6-18-30-56/h1-48H. The maximum absolute atomic E-state index is 5.59. The van der Waals surface area contributed by atoms with E-state index in [1.165, 1.54) is 60.9 Å². The van der Waals surface area contributed by atoms with Gasteiger partial charge in [-0.3, -0.25) is 0 Å². The topological polar surface area (TPSA) is 19.4 Å². The zero-order valence-corrected chi connectivity index (χ0v) is 41.1. The van der Waals surface area contributed by atoms with E-state index in [1.54, 1.807) is 0 Å². The molecule has 0 N–H and O–H groups in total. The van der Waals surface area contributed by atoms with Crippen LogP contribution in [-0.2, 0) is 0 Å². The fourth-order valence-corrected chi connectivity index (χ4v) is 11.4. The number of pyridine rings is 1. The number of anilines is 6. The van der Waals surface area contributed by atoms with Crippen molar-refractivity contribution >= 4 is 57.2 Å². The Morgan fingerprint density at radius 3 is 0.920 bits per heavy atom. The predicted molar refractivity (Wildman–Crippen MR) is 316 cm³/mol. The minimum absolute atomic E-state index is 0.121. The van der Waals surface area contributed by atoms with Gasteiger partial charge in [0.25, 0.3) is 6.71 Å². The molecular formula is C71H48BN3. The Hall–Kier alpha value is -9.77. The molecule has 0 amide bonds. The maximum Gasteiger partial charge on any atom is 0.252 e. The number of fused-ring (bicyclic) bond motifs is 4. The molecule has 75 heavy (non-hydrogen) atoms. The van der Waals surface area contributed by atoms with Gasteiger partial charge in [0.05, 0.1) is 11.4 Å². The van der Waals surface area contributed by atoms with Crippen molar-refractivity contribution in [2.24, 2.45) is 0 Å². The Kier molecular flexibility index (Phi) is 11.0. The Labute approximate surface area is 439 Å². The Balaban J connectivity index is 1.07. The van der Waals surface area contributed by atoms with E-state index >= 15 is 0 Å². The number of hydrogen-bond donors (Lipinski definition) is 0. The zero-order valence-electron chi connectivity index (χ0n) is 41.1. The number of hydrogen-bond acceptors (Lipinski definition) is 3. The summed E-state index contributed by atoms with van der Waals surface area (Å²) in [4.78, 5) is 10.6. The molecule has 0 spiro atoms. The fourth-order valence-electron chi connectivity index (χ4n) is 11.4. The summed E-state index contributed by atoms with van der Waals surface area (Å²) in [5.74, 6) is 0. The van der Waals surface area contributed by atoms with Crippen LogP contribution in [0.3, 0.4) is 0 Å². The number of aromatic nitrogens is 1. The van der Waals surface area contributed by atoms with Crippen LogP contribution in [0, 0.1) is 0 Å². The first kappa shape index (κ1) is 44.0. The Morgan fingerprint density at radius 2 is 0.533 bits per heavy atom. The average Bonchev–Trinajstić information content (AvgIpc) is 3.51. The van der Waals surface area contributed by atoms with Crippen molar-refractivity contribution in [1.29, 1.82) is 0 Å². The van der Waals surface area contributed by atoms with E-state index in [0.29, 0.717) is 0 Å². The molecule has 0 radical (unpaired) electrons. The lowest BCUT2D eigenvalue weighted by atomic mass is 9.33. The monoisotopic (exact) mass is 953 g/mol. The van der Waals surface area contributed by atoms with Gasteiger partial charge < -0.3 is 9.80 Å². The molecule has 0 aliphatic carbocycles. The number of nitrogens with zero attached hydrogens (tertiary/aromatic N) is 3. The Bertz CT molecular complexity index is 3760. The molecule has 14 rings (SSSR count). The van der Waals surface area contributed by atoms with E-state index in [0.717, 1.165) is 67.8 Å². The van der Waals surface area contributed by atoms with Crippen LogP contribution in [0.25, 0.3) is 78.1 Å². The Morgan fingerprint density at radius 1 is 0.227 bits per heavy atom. The van der Waals surface area contributed by atoms with E-state index in [-0.39, 0.29) is 6.71 Å². The third kappa shape index (κ3) is 8.01. The molecule has 2 aliphatic heterocycles. The van der Waals surface area contributed by atoms with Crippen LogP contribution in [0.2, 0.25) is 0 Å². The van der Waals surface area contributed by atoms with E-state index in [2.05, 4.69) is 301 Å². The first-order chi connectivity index (χ1) is 37.2. The van der Waals surface area contributed by atoms with Crippen LogP contribution < -0.4 is 26.2 Å². The normalized spacial score (nSPS) is 12.2. The molecule has 3 heterocycles. The van der Waals surface area contributed by atoms with Crippen LogP contribution in [0.15, 0.2) is 291 Å². The summed E-state index contributed by atoms with van der Waals surface area (Å²) >= 11 is 0. The van der Waals surface area contributed by atoms with Crippen molar-refractivity contribution in [3.8, 4) is 78.1 Å². The fraction of sp³-hybridized carbons (Fsp3) is 0. The van der Waals surface area contributed by atoms with Gasteiger partial charge in [-0.1, -0.05) is 231 Å². The SMILES string of the molecule is c1ccc(-c2ccc(N3c4ccc(-c5ccccc5)cc4B4c5cc(-c6ccccc6)ccc5N(c5ccc(-c6ccccc6)cc5)c5cc(-c6cc(-c7ccccc7)cc(-c7ccccc7)n6)cc3c54)cc2)cc1. The highest BCUT2D eigenvalue weighted by molar-refractivity contribution is 7.00. The van der Waals surface area contributed by atoms with Crippen LogP contribution >= 0.6 is 0 Å².